The normalized spacial score (nSPS) is 16.9. The first-order valence-corrected chi connectivity index (χ1v) is 12.4. The van der Waals surface area contributed by atoms with Crippen molar-refractivity contribution in [2.75, 3.05) is 10.6 Å². The molecule has 1 aromatic heterocycles. The van der Waals surface area contributed by atoms with Crippen LogP contribution >= 0.6 is 0 Å². The molecule has 1 unspecified atom stereocenters. The molecule has 0 saturated heterocycles. The molecule has 0 spiro atoms. The Morgan fingerprint density at radius 3 is 2.20 bits per heavy atom. The second-order valence-electron chi connectivity index (χ2n) is 8.38. The van der Waals surface area contributed by atoms with Gasteiger partial charge in [0, 0.05) is 16.9 Å². The quantitative estimate of drug-likeness (QED) is 0.458. The number of carbonyl (C=O) groups excluding carboxylic acids is 2. The Kier molecular flexibility index (Phi) is 6.65. The number of amides is 2. The second kappa shape index (κ2) is 9.66. The maximum Gasteiger partial charge on any atom is 0.263 e. The lowest BCUT2D eigenvalue weighted by Gasteiger charge is -2.18. The standard InChI is InChI=1S/C23H25N7O4S/c1-14(2)20(28-21-18-6-4-5-7-19(18)35(33,34)29-21)23(32)27-17-10-8-16(9-11-17)26-22(31)15(3)30-13-24-12-25-30/h4-15,20H,1-3H3,(H,26,31)(H,27,32)(H,28,29)/t15?,20-/m0/s1. The van der Waals surface area contributed by atoms with Gasteiger partial charge in [0.2, 0.25) is 11.8 Å². The van der Waals surface area contributed by atoms with Gasteiger partial charge in [-0.1, -0.05) is 26.0 Å². The number of hydrogen-bond donors (Lipinski definition) is 3. The number of fused-ring (bicyclic) bond motifs is 1. The topological polar surface area (TPSA) is 147 Å². The third-order valence-corrected chi connectivity index (χ3v) is 6.86. The first-order valence-electron chi connectivity index (χ1n) is 10.9. The third kappa shape index (κ3) is 5.22. The van der Waals surface area contributed by atoms with Crippen LogP contribution in [-0.4, -0.2) is 46.9 Å². The lowest BCUT2D eigenvalue weighted by atomic mass is 10.0. The average molecular weight is 496 g/mol. The fourth-order valence-corrected chi connectivity index (χ4v) is 4.76. The molecule has 0 radical (unpaired) electrons. The second-order valence-corrected chi connectivity index (χ2v) is 10.0. The van der Waals surface area contributed by atoms with Crippen LogP contribution in [0.2, 0.25) is 0 Å². The van der Waals surface area contributed by atoms with E-state index in [1.165, 1.54) is 23.4 Å². The number of sulfonamides is 1. The molecule has 2 aromatic carbocycles. The highest BCUT2D eigenvalue weighted by Gasteiger charge is 2.32. The van der Waals surface area contributed by atoms with Crippen molar-refractivity contribution in [2.45, 2.75) is 37.8 Å². The molecular formula is C23H25N7O4S. The number of anilines is 2. The minimum Gasteiger partial charge on any atom is -0.324 e. The van der Waals surface area contributed by atoms with E-state index in [9.17, 15) is 18.0 Å². The van der Waals surface area contributed by atoms with Crippen molar-refractivity contribution < 1.29 is 18.0 Å². The van der Waals surface area contributed by atoms with Crippen molar-refractivity contribution >= 4 is 39.0 Å². The van der Waals surface area contributed by atoms with Crippen LogP contribution in [0.3, 0.4) is 0 Å². The molecule has 12 heteroatoms. The van der Waals surface area contributed by atoms with Crippen molar-refractivity contribution in [1.29, 1.82) is 0 Å². The lowest BCUT2D eigenvalue weighted by Crippen LogP contribution is -2.34. The summed E-state index contributed by atoms with van der Waals surface area (Å²) in [5, 5.41) is 9.56. The molecule has 2 heterocycles. The minimum atomic E-state index is -3.70. The number of hydrogen-bond acceptors (Lipinski definition) is 7. The van der Waals surface area contributed by atoms with E-state index in [0.29, 0.717) is 16.9 Å². The molecule has 1 aliphatic rings. The first-order chi connectivity index (χ1) is 16.7. The molecule has 2 atom stereocenters. The van der Waals surface area contributed by atoms with Gasteiger partial charge in [-0.3, -0.25) is 19.3 Å². The summed E-state index contributed by atoms with van der Waals surface area (Å²) in [5.41, 5.74) is 1.50. The highest BCUT2D eigenvalue weighted by molar-refractivity contribution is 7.90. The first kappa shape index (κ1) is 24.1. The predicted molar refractivity (Wildman–Crippen MR) is 130 cm³/mol. The molecule has 0 bridgehead atoms. The summed E-state index contributed by atoms with van der Waals surface area (Å²) in [5.74, 6) is -0.694. The predicted octanol–water partition coefficient (Wildman–Crippen LogP) is 2.18. The Morgan fingerprint density at radius 1 is 0.971 bits per heavy atom. The highest BCUT2D eigenvalue weighted by atomic mass is 32.2. The number of nitrogens with one attached hydrogen (secondary N) is 3. The van der Waals surface area contributed by atoms with Gasteiger partial charge in [-0.2, -0.15) is 5.10 Å². The zero-order valence-electron chi connectivity index (χ0n) is 19.3. The maximum absolute atomic E-state index is 13.0. The van der Waals surface area contributed by atoms with Gasteiger partial charge in [-0.05, 0) is 49.2 Å². The minimum absolute atomic E-state index is 0.137. The molecule has 3 N–H and O–H groups in total. The summed E-state index contributed by atoms with van der Waals surface area (Å²) in [7, 11) is -3.70. The molecule has 4 rings (SSSR count). The Balaban J connectivity index is 1.45. The van der Waals surface area contributed by atoms with Crippen LogP contribution in [0.4, 0.5) is 11.4 Å². The summed E-state index contributed by atoms with van der Waals surface area (Å²) < 4.78 is 28.6. The van der Waals surface area contributed by atoms with E-state index >= 15 is 0 Å². The number of amidine groups is 1. The van der Waals surface area contributed by atoms with Crippen LogP contribution in [0.25, 0.3) is 0 Å². The number of aromatic nitrogens is 3. The van der Waals surface area contributed by atoms with Gasteiger partial charge in [0.15, 0.2) is 0 Å². The van der Waals surface area contributed by atoms with Gasteiger partial charge in [0.25, 0.3) is 10.0 Å². The van der Waals surface area contributed by atoms with Crippen molar-refractivity contribution in [3.63, 3.8) is 0 Å². The van der Waals surface area contributed by atoms with Gasteiger partial charge in [-0.15, -0.1) is 0 Å². The van der Waals surface area contributed by atoms with Crippen molar-refractivity contribution in [2.24, 2.45) is 10.9 Å². The van der Waals surface area contributed by atoms with E-state index in [1.807, 2.05) is 13.8 Å². The fraction of sp³-hybridized carbons (Fsp3) is 0.261. The van der Waals surface area contributed by atoms with Crippen LogP contribution in [0.1, 0.15) is 32.4 Å². The Bertz CT molecular complexity index is 1370. The molecule has 11 nitrogen and oxygen atoms in total. The summed E-state index contributed by atoms with van der Waals surface area (Å²) in [6, 6.07) is 11.8. The average Bonchev–Trinajstić information content (AvgIpc) is 3.45. The lowest BCUT2D eigenvalue weighted by molar-refractivity contribution is -0.119. The molecule has 1 aliphatic heterocycles. The van der Waals surface area contributed by atoms with Crippen LogP contribution < -0.4 is 15.4 Å². The van der Waals surface area contributed by atoms with Gasteiger partial charge >= 0.3 is 0 Å². The van der Waals surface area contributed by atoms with Gasteiger partial charge in [0.05, 0.1) is 4.90 Å². The molecular weight excluding hydrogens is 470 g/mol. The van der Waals surface area contributed by atoms with Gasteiger partial charge in [0.1, 0.15) is 30.6 Å². The molecule has 0 saturated carbocycles. The van der Waals surface area contributed by atoms with E-state index in [0.717, 1.165) is 0 Å². The number of aliphatic imine (C=N–C) groups is 1. The van der Waals surface area contributed by atoms with E-state index in [-0.39, 0.29) is 28.5 Å². The van der Waals surface area contributed by atoms with Crippen LogP contribution in [0.15, 0.2) is 71.1 Å². The molecule has 0 fully saturated rings. The Labute approximate surface area is 202 Å². The molecule has 182 valence electrons. The zero-order chi connectivity index (χ0) is 25.2. The summed E-state index contributed by atoms with van der Waals surface area (Å²) in [4.78, 5) is 33.8. The van der Waals surface area contributed by atoms with E-state index in [1.54, 1.807) is 49.4 Å². The smallest absolute Gasteiger partial charge is 0.263 e. The fourth-order valence-electron chi connectivity index (χ4n) is 3.52. The third-order valence-electron chi connectivity index (χ3n) is 5.46. The molecule has 35 heavy (non-hydrogen) atoms. The van der Waals surface area contributed by atoms with Crippen molar-refractivity contribution in [1.82, 2.24) is 19.5 Å². The number of carbonyl (C=O) groups is 2. The molecule has 0 aliphatic carbocycles. The van der Waals surface area contributed by atoms with Crippen LogP contribution in [-0.2, 0) is 19.6 Å². The van der Waals surface area contributed by atoms with Crippen LogP contribution in [0, 0.1) is 5.92 Å². The van der Waals surface area contributed by atoms with E-state index in [2.05, 4.69) is 30.4 Å². The zero-order valence-corrected chi connectivity index (χ0v) is 20.2. The number of benzene rings is 2. The highest BCUT2D eigenvalue weighted by Crippen LogP contribution is 2.24. The largest absolute Gasteiger partial charge is 0.324 e. The van der Waals surface area contributed by atoms with Gasteiger partial charge < -0.3 is 10.6 Å². The summed E-state index contributed by atoms with van der Waals surface area (Å²) in [6.07, 6.45) is 2.82. The van der Waals surface area contributed by atoms with Gasteiger partial charge in [-0.25, -0.2) is 18.1 Å². The number of nitrogens with zero attached hydrogens (tertiary/aromatic N) is 4. The van der Waals surface area contributed by atoms with Crippen molar-refractivity contribution in [3.8, 4) is 0 Å². The van der Waals surface area contributed by atoms with E-state index in [4.69, 9.17) is 0 Å². The number of rotatable bonds is 7. The monoisotopic (exact) mass is 495 g/mol. The summed E-state index contributed by atoms with van der Waals surface area (Å²) >= 11 is 0. The summed E-state index contributed by atoms with van der Waals surface area (Å²) in [6.45, 7) is 5.37. The Hall–Kier alpha value is -4.06. The van der Waals surface area contributed by atoms with Crippen LogP contribution in [0.5, 0.6) is 0 Å². The Morgan fingerprint density at radius 2 is 1.60 bits per heavy atom. The molecule has 3 aromatic rings. The van der Waals surface area contributed by atoms with Crippen molar-refractivity contribution in [3.05, 3.63) is 66.7 Å². The maximum atomic E-state index is 13.0. The molecule has 2 amide bonds. The SMILES string of the molecule is CC(C)[C@H](N=C1NS(=O)(=O)c2ccccc21)C(=O)Nc1ccc(NC(=O)C(C)n2cncn2)cc1. The van der Waals surface area contributed by atoms with E-state index < -0.39 is 22.1 Å².